The van der Waals surface area contributed by atoms with E-state index in [4.69, 9.17) is 11.6 Å². The Morgan fingerprint density at radius 3 is 3.15 bits per heavy atom. The van der Waals surface area contributed by atoms with Crippen LogP contribution in [0.3, 0.4) is 0 Å². The van der Waals surface area contributed by atoms with E-state index in [2.05, 4.69) is 27.4 Å². The highest BCUT2D eigenvalue weighted by Crippen LogP contribution is 2.17. The fraction of sp³-hybridized carbons (Fsp3) is 0.571. The van der Waals surface area contributed by atoms with E-state index in [1.807, 2.05) is 0 Å². The van der Waals surface area contributed by atoms with Crippen molar-refractivity contribution in [2.75, 3.05) is 31.5 Å². The van der Waals surface area contributed by atoms with Gasteiger partial charge in [-0.05, 0) is 38.1 Å². The molecule has 0 bridgehead atoms. The second-order valence-corrected chi connectivity index (χ2v) is 5.37. The molecule has 1 aliphatic heterocycles. The first kappa shape index (κ1) is 15.2. The molecule has 20 heavy (non-hydrogen) atoms. The fourth-order valence-corrected chi connectivity index (χ4v) is 2.57. The van der Waals surface area contributed by atoms with Gasteiger partial charge in [-0.2, -0.15) is 0 Å². The number of pyridine rings is 1. The van der Waals surface area contributed by atoms with Crippen molar-refractivity contribution in [1.29, 1.82) is 0 Å². The van der Waals surface area contributed by atoms with Crippen LogP contribution in [0.1, 0.15) is 19.8 Å². The summed E-state index contributed by atoms with van der Waals surface area (Å²) in [5.74, 6) is -0.0558. The Morgan fingerprint density at radius 2 is 2.50 bits per heavy atom. The minimum absolute atomic E-state index is 0.0558. The standard InChI is InChI=1S/C14H21ClN4O/c1-2-19(9-11-5-3-7-16-11)10-13(20)18-12-6-4-8-17-14(12)15/h4,6,8,11,16H,2-3,5,7,9-10H2,1H3,(H,18,20). The van der Waals surface area contributed by atoms with Crippen LogP contribution in [0.4, 0.5) is 5.69 Å². The quantitative estimate of drug-likeness (QED) is 0.785. The minimum atomic E-state index is -0.0558. The van der Waals surface area contributed by atoms with Crippen LogP contribution in [0.15, 0.2) is 18.3 Å². The van der Waals surface area contributed by atoms with Gasteiger partial charge in [0, 0.05) is 18.8 Å². The van der Waals surface area contributed by atoms with Gasteiger partial charge in [0.25, 0.3) is 0 Å². The molecule has 0 spiro atoms. The normalized spacial score (nSPS) is 18.4. The molecule has 1 atom stereocenters. The highest BCUT2D eigenvalue weighted by molar-refractivity contribution is 6.32. The monoisotopic (exact) mass is 296 g/mol. The van der Waals surface area contributed by atoms with Gasteiger partial charge in [0.15, 0.2) is 5.15 Å². The summed E-state index contributed by atoms with van der Waals surface area (Å²) in [6.07, 6.45) is 4.01. The maximum absolute atomic E-state index is 12.0. The number of nitrogens with one attached hydrogen (secondary N) is 2. The number of carbonyl (C=O) groups is 1. The second-order valence-electron chi connectivity index (χ2n) is 5.01. The van der Waals surface area contributed by atoms with Gasteiger partial charge in [-0.1, -0.05) is 18.5 Å². The molecule has 0 saturated carbocycles. The van der Waals surface area contributed by atoms with Gasteiger partial charge < -0.3 is 10.6 Å². The van der Waals surface area contributed by atoms with E-state index in [0.717, 1.165) is 19.6 Å². The second kappa shape index (κ2) is 7.57. The zero-order valence-electron chi connectivity index (χ0n) is 11.7. The molecule has 1 amide bonds. The largest absolute Gasteiger partial charge is 0.322 e. The van der Waals surface area contributed by atoms with Gasteiger partial charge in [-0.15, -0.1) is 0 Å². The number of hydrogen-bond acceptors (Lipinski definition) is 4. The number of halogens is 1. The van der Waals surface area contributed by atoms with Crippen LogP contribution in [0.25, 0.3) is 0 Å². The Balaban J connectivity index is 1.84. The maximum Gasteiger partial charge on any atom is 0.238 e. The minimum Gasteiger partial charge on any atom is -0.322 e. The van der Waals surface area contributed by atoms with Crippen LogP contribution in [0, 0.1) is 0 Å². The predicted octanol–water partition coefficient (Wildman–Crippen LogP) is 1.75. The lowest BCUT2D eigenvalue weighted by Crippen LogP contribution is -2.41. The molecule has 2 rings (SSSR count). The highest BCUT2D eigenvalue weighted by atomic mass is 35.5. The molecule has 1 aliphatic rings. The van der Waals surface area contributed by atoms with Crippen molar-refractivity contribution in [3.63, 3.8) is 0 Å². The lowest BCUT2D eigenvalue weighted by Gasteiger charge is -2.23. The van der Waals surface area contributed by atoms with Crippen LogP contribution in [0.5, 0.6) is 0 Å². The topological polar surface area (TPSA) is 57.3 Å². The highest BCUT2D eigenvalue weighted by Gasteiger charge is 2.18. The van der Waals surface area contributed by atoms with E-state index >= 15 is 0 Å². The van der Waals surface area contributed by atoms with Crippen molar-refractivity contribution in [2.45, 2.75) is 25.8 Å². The summed E-state index contributed by atoms with van der Waals surface area (Å²) in [5.41, 5.74) is 0.564. The van der Waals surface area contributed by atoms with Gasteiger partial charge in [-0.25, -0.2) is 4.98 Å². The lowest BCUT2D eigenvalue weighted by molar-refractivity contribution is -0.117. The molecule has 0 radical (unpaired) electrons. The van der Waals surface area contributed by atoms with E-state index in [9.17, 15) is 4.79 Å². The Hall–Kier alpha value is -1.17. The Kier molecular flexibility index (Phi) is 5.76. The Bertz CT molecular complexity index is 449. The number of aromatic nitrogens is 1. The van der Waals surface area contributed by atoms with Crippen molar-refractivity contribution >= 4 is 23.2 Å². The molecule has 2 N–H and O–H groups in total. The molecule has 110 valence electrons. The third kappa shape index (κ3) is 4.44. The summed E-state index contributed by atoms with van der Waals surface area (Å²) in [4.78, 5) is 18.1. The summed E-state index contributed by atoms with van der Waals surface area (Å²) in [7, 11) is 0. The molecule has 1 aromatic heterocycles. The average Bonchev–Trinajstić information content (AvgIpc) is 2.93. The molecule has 6 heteroatoms. The van der Waals surface area contributed by atoms with Crippen LogP contribution >= 0.6 is 11.6 Å². The van der Waals surface area contributed by atoms with E-state index < -0.39 is 0 Å². The van der Waals surface area contributed by atoms with Gasteiger partial charge in [0.1, 0.15) is 0 Å². The molecule has 1 aromatic rings. The number of hydrogen-bond donors (Lipinski definition) is 2. The smallest absolute Gasteiger partial charge is 0.238 e. The maximum atomic E-state index is 12.0. The molecular weight excluding hydrogens is 276 g/mol. The first-order chi connectivity index (χ1) is 9.69. The average molecular weight is 297 g/mol. The zero-order chi connectivity index (χ0) is 14.4. The predicted molar refractivity (Wildman–Crippen MR) is 81.0 cm³/mol. The third-order valence-electron chi connectivity index (χ3n) is 3.49. The number of nitrogens with zero attached hydrogens (tertiary/aromatic N) is 2. The molecule has 1 fully saturated rings. The molecule has 5 nitrogen and oxygen atoms in total. The van der Waals surface area contributed by atoms with Crippen molar-refractivity contribution in [1.82, 2.24) is 15.2 Å². The third-order valence-corrected chi connectivity index (χ3v) is 3.79. The SMILES string of the molecule is CCN(CC(=O)Nc1cccnc1Cl)CC1CCCN1. The Morgan fingerprint density at radius 1 is 1.65 bits per heavy atom. The Labute approximate surface area is 124 Å². The number of likely N-dealkylation sites (N-methyl/N-ethyl adjacent to an activating group) is 1. The molecule has 1 saturated heterocycles. The van der Waals surface area contributed by atoms with Gasteiger partial charge >= 0.3 is 0 Å². The van der Waals surface area contributed by atoms with E-state index in [1.54, 1.807) is 18.3 Å². The van der Waals surface area contributed by atoms with Crippen LogP contribution < -0.4 is 10.6 Å². The summed E-state index contributed by atoms with van der Waals surface area (Å²) < 4.78 is 0. The molecule has 0 aliphatic carbocycles. The lowest BCUT2D eigenvalue weighted by atomic mass is 10.2. The van der Waals surface area contributed by atoms with Gasteiger partial charge in [0.2, 0.25) is 5.91 Å². The first-order valence-corrected chi connectivity index (χ1v) is 7.43. The summed E-state index contributed by atoms with van der Waals surface area (Å²) >= 11 is 5.93. The van der Waals surface area contributed by atoms with Crippen molar-refractivity contribution in [3.05, 3.63) is 23.5 Å². The zero-order valence-corrected chi connectivity index (χ0v) is 12.5. The van der Waals surface area contributed by atoms with E-state index in [1.165, 1.54) is 12.8 Å². The number of rotatable bonds is 6. The van der Waals surface area contributed by atoms with Gasteiger partial charge in [-0.3, -0.25) is 9.69 Å². The van der Waals surface area contributed by atoms with E-state index in [0.29, 0.717) is 23.4 Å². The number of amides is 1. The number of anilines is 1. The fourth-order valence-electron chi connectivity index (χ4n) is 2.40. The van der Waals surface area contributed by atoms with Gasteiger partial charge in [0.05, 0.1) is 12.2 Å². The first-order valence-electron chi connectivity index (χ1n) is 7.05. The van der Waals surface area contributed by atoms with Crippen molar-refractivity contribution in [2.24, 2.45) is 0 Å². The summed E-state index contributed by atoms with van der Waals surface area (Å²) in [6, 6.07) is 4.01. The summed E-state index contributed by atoms with van der Waals surface area (Å²) in [6.45, 7) is 5.29. The summed E-state index contributed by atoms with van der Waals surface area (Å²) in [5, 5.41) is 6.57. The van der Waals surface area contributed by atoms with Crippen LogP contribution in [0.2, 0.25) is 5.15 Å². The molecule has 2 heterocycles. The van der Waals surface area contributed by atoms with E-state index in [-0.39, 0.29) is 5.91 Å². The van der Waals surface area contributed by atoms with Crippen LogP contribution in [-0.4, -0.2) is 48.0 Å². The van der Waals surface area contributed by atoms with Crippen LogP contribution in [-0.2, 0) is 4.79 Å². The molecule has 0 aromatic carbocycles. The van der Waals surface area contributed by atoms with Crippen molar-refractivity contribution < 1.29 is 4.79 Å². The molecule has 1 unspecified atom stereocenters. The van der Waals surface area contributed by atoms with Crippen molar-refractivity contribution in [3.8, 4) is 0 Å². The number of carbonyl (C=O) groups excluding carboxylic acids is 1. The molecular formula is C14H21ClN4O.